The molecule has 3 heterocycles. The highest BCUT2D eigenvalue weighted by Gasteiger charge is 2.18. The van der Waals surface area contributed by atoms with E-state index in [1.165, 1.54) is 27.7 Å². The standard InChI is InChI=1S/C25H25N3O.2ClH/c1-27-23-11-13-26-17-22(23)21-10-9-20(16-24(21)27)28-14-12-19(15-25(28)29)8-7-18-5-3-2-4-6-18;;/h2-6,9-10,12,14-16,26H,7-8,11,13,17H2,1H3;2*1H. The molecule has 2 aromatic heterocycles. The summed E-state index contributed by atoms with van der Waals surface area (Å²) in [6.45, 7) is 1.94. The first-order valence-corrected chi connectivity index (χ1v) is 10.3. The number of aromatic nitrogens is 2. The lowest BCUT2D eigenvalue weighted by Gasteiger charge is -2.14. The second kappa shape index (κ2) is 9.73. The summed E-state index contributed by atoms with van der Waals surface area (Å²) in [5, 5.41) is 4.75. The Labute approximate surface area is 194 Å². The number of rotatable bonds is 4. The van der Waals surface area contributed by atoms with Crippen molar-refractivity contribution in [3.05, 3.63) is 99.6 Å². The summed E-state index contributed by atoms with van der Waals surface area (Å²) in [6.07, 6.45) is 4.77. The van der Waals surface area contributed by atoms with Crippen LogP contribution in [-0.2, 0) is 32.9 Å². The van der Waals surface area contributed by atoms with Crippen LogP contribution in [0.3, 0.4) is 0 Å². The van der Waals surface area contributed by atoms with Gasteiger partial charge in [0, 0.05) is 49.9 Å². The van der Waals surface area contributed by atoms with Crippen molar-refractivity contribution in [1.82, 2.24) is 14.5 Å². The highest BCUT2D eigenvalue weighted by molar-refractivity contribution is 5.87. The Balaban J connectivity index is 0.00000136. The van der Waals surface area contributed by atoms with Gasteiger partial charge >= 0.3 is 0 Å². The third-order valence-corrected chi connectivity index (χ3v) is 6.07. The third kappa shape index (κ3) is 4.42. The van der Waals surface area contributed by atoms with Crippen LogP contribution in [0.25, 0.3) is 16.6 Å². The van der Waals surface area contributed by atoms with Gasteiger partial charge in [0.05, 0.1) is 11.2 Å². The molecule has 1 aliphatic rings. The zero-order valence-corrected chi connectivity index (χ0v) is 19.1. The van der Waals surface area contributed by atoms with Crippen LogP contribution in [0.5, 0.6) is 0 Å². The number of hydrogen-bond donors (Lipinski definition) is 1. The average Bonchev–Trinajstić information content (AvgIpc) is 3.05. The monoisotopic (exact) mass is 455 g/mol. The molecule has 0 fully saturated rings. The van der Waals surface area contributed by atoms with E-state index < -0.39 is 0 Å². The maximum atomic E-state index is 12.8. The van der Waals surface area contributed by atoms with Crippen LogP contribution in [0.4, 0.5) is 0 Å². The van der Waals surface area contributed by atoms with E-state index in [1.807, 2.05) is 12.3 Å². The van der Waals surface area contributed by atoms with Crippen molar-refractivity contribution in [3.8, 4) is 5.69 Å². The van der Waals surface area contributed by atoms with Crippen molar-refractivity contribution in [1.29, 1.82) is 0 Å². The largest absolute Gasteiger partial charge is 0.347 e. The predicted octanol–water partition coefficient (Wildman–Crippen LogP) is 4.60. The summed E-state index contributed by atoms with van der Waals surface area (Å²) in [7, 11) is 2.13. The summed E-state index contributed by atoms with van der Waals surface area (Å²) in [5.74, 6) is 0. The first-order valence-electron chi connectivity index (χ1n) is 10.3. The molecule has 5 rings (SSSR count). The van der Waals surface area contributed by atoms with Crippen molar-refractivity contribution in [3.63, 3.8) is 0 Å². The Bertz CT molecular complexity index is 1250. The first-order chi connectivity index (χ1) is 14.2. The van der Waals surface area contributed by atoms with Gasteiger partial charge in [-0.15, -0.1) is 24.8 Å². The number of hydrogen-bond acceptors (Lipinski definition) is 2. The van der Waals surface area contributed by atoms with Gasteiger partial charge in [0.1, 0.15) is 0 Å². The fourth-order valence-corrected chi connectivity index (χ4v) is 4.46. The van der Waals surface area contributed by atoms with E-state index in [4.69, 9.17) is 0 Å². The lowest BCUT2D eigenvalue weighted by Crippen LogP contribution is -2.24. The van der Waals surface area contributed by atoms with Crippen LogP contribution in [-0.4, -0.2) is 15.7 Å². The lowest BCUT2D eigenvalue weighted by atomic mass is 10.1. The number of fused-ring (bicyclic) bond motifs is 3. The van der Waals surface area contributed by atoms with Crippen molar-refractivity contribution in [2.75, 3.05) is 6.54 Å². The van der Waals surface area contributed by atoms with E-state index in [9.17, 15) is 4.79 Å². The minimum Gasteiger partial charge on any atom is -0.347 e. The molecule has 1 aliphatic heterocycles. The number of halogens is 2. The maximum absolute atomic E-state index is 12.8. The SMILES string of the molecule is Cl.Cl.Cn1c2c(c3ccc(-n4ccc(CCc5ccccc5)cc4=O)cc31)CNCC2. The van der Waals surface area contributed by atoms with E-state index in [0.29, 0.717) is 0 Å². The van der Waals surface area contributed by atoms with Gasteiger partial charge in [0.15, 0.2) is 0 Å². The molecule has 0 bridgehead atoms. The van der Waals surface area contributed by atoms with Gasteiger partial charge in [0.2, 0.25) is 0 Å². The molecule has 0 radical (unpaired) electrons. The molecule has 6 heteroatoms. The Morgan fingerprint density at radius 2 is 1.71 bits per heavy atom. The molecule has 4 aromatic rings. The molecule has 4 nitrogen and oxygen atoms in total. The Morgan fingerprint density at radius 1 is 0.935 bits per heavy atom. The molecule has 0 saturated heterocycles. The predicted molar refractivity (Wildman–Crippen MR) is 132 cm³/mol. The van der Waals surface area contributed by atoms with Crippen LogP contribution in [0.1, 0.15) is 22.4 Å². The molecule has 0 unspecified atom stereocenters. The first kappa shape index (κ1) is 23.1. The minimum atomic E-state index is 0. The summed E-state index contributed by atoms with van der Waals surface area (Å²) in [5.41, 5.74) is 7.30. The normalized spacial score (nSPS) is 12.7. The zero-order valence-electron chi connectivity index (χ0n) is 17.5. The Hall–Kier alpha value is -2.53. The van der Waals surface area contributed by atoms with E-state index in [2.05, 4.69) is 65.5 Å². The van der Waals surface area contributed by atoms with Gasteiger partial charge < -0.3 is 9.88 Å². The van der Waals surface area contributed by atoms with E-state index in [0.717, 1.165) is 43.6 Å². The zero-order chi connectivity index (χ0) is 19.8. The highest BCUT2D eigenvalue weighted by atomic mass is 35.5. The van der Waals surface area contributed by atoms with Crippen LogP contribution in [0.15, 0.2) is 71.7 Å². The van der Waals surface area contributed by atoms with Gasteiger partial charge in [-0.25, -0.2) is 0 Å². The number of benzene rings is 2. The van der Waals surface area contributed by atoms with Gasteiger partial charge in [-0.3, -0.25) is 9.36 Å². The molecular weight excluding hydrogens is 429 g/mol. The van der Waals surface area contributed by atoms with Crippen LogP contribution >= 0.6 is 24.8 Å². The molecule has 2 aromatic carbocycles. The van der Waals surface area contributed by atoms with Crippen molar-refractivity contribution in [2.24, 2.45) is 7.05 Å². The molecule has 31 heavy (non-hydrogen) atoms. The second-order valence-electron chi connectivity index (χ2n) is 7.84. The Kier molecular flexibility index (Phi) is 7.26. The summed E-state index contributed by atoms with van der Waals surface area (Å²) in [6, 6.07) is 20.6. The van der Waals surface area contributed by atoms with Gasteiger partial charge in [-0.1, -0.05) is 36.4 Å². The van der Waals surface area contributed by atoms with Crippen LogP contribution in [0.2, 0.25) is 0 Å². The second-order valence-corrected chi connectivity index (χ2v) is 7.84. The molecule has 0 amide bonds. The molecule has 1 N–H and O–H groups in total. The lowest BCUT2D eigenvalue weighted by molar-refractivity contribution is 0.622. The molecule has 0 aliphatic carbocycles. The minimum absolute atomic E-state index is 0. The van der Waals surface area contributed by atoms with Crippen LogP contribution in [0, 0.1) is 0 Å². The summed E-state index contributed by atoms with van der Waals surface area (Å²) >= 11 is 0. The quantitative estimate of drug-likeness (QED) is 0.488. The molecular formula is C25H27Cl2N3O. The van der Waals surface area contributed by atoms with Crippen molar-refractivity contribution in [2.45, 2.75) is 25.8 Å². The number of nitrogens with one attached hydrogen (secondary N) is 1. The van der Waals surface area contributed by atoms with Crippen molar-refractivity contribution < 1.29 is 0 Å². The van der Waals surface area contributed by atoms with E-state index in [1.54, 1.807) is 10.6 Å². The van der Waals surface area contributed by atoms with E-state index >= 15 is 0 Å². The fourth-order valence-electron chi connectivity index (χ4n) is 4.46. The Morgan fingerprint density at radius 3 is 2.48 bits per heavy atom. The van der Waals surface area contributed by atoms with Crippen LogP contribution < -0.4 is 10.9 Å². The van der Waals surface area contributed by atoms with E-state index in [-0.39, 0.29) is 30.4 Å². The fraction of sp³-hybridized carbons (Fsp3) is 0.240. The molecule has 0 spiro atoms. The third-order valence-electron chi connectivity index (χ3n) is 6.07. The average molecular weight is 456 g/mol. The smallest absolute Gasteiger partial charge is 0.255 e. The van der Waals surface area contributed by atoms with Gasteiger partial charge in [-0.05, 0) is 47.7 Å². The topological polar surface area (TPSA) is 39.0 Å². The number of aryl methyl sites for hydroxylation is 3. The summed E-state index contributed by atoms with van der Waals surface area (Å²) < 4.78 is 4.03. The maximum Gasteiger partial charge on any atom is 0.255 e. The van der Waals surface area contributed by atoms with Crippen molar-refractivity contribution >= 4 is 35.7 Å². The highest BCUT2D eigenvalue weighted by Crippen LogP contribution is 2.29. The number of pyridine rings is 1. The molecule has 0 atom stereocenters. The molecule has 162 valence electrons. The number of nitrogens with zero attached hydrogens (tertiary/aromatic N) is 2. The summed E-state index contributed by atoms with van der Waals surface area (Å²) in [4.78, 5) is 12.8. The molecule has 0 saturated carbocycles. The van der Waals surface area contributed by atoms with Gasteiger partial charge in [0.25, 0.3) is 5.56 Å². The van der Waals surface area contributed by atoms with Gasteiger partial charge in [-0.2, -0.15) is 0 Å².